The molecule has 4 N–H and O–H groups in total. The van der Waals surface area contributed by atoms with Crippen LogP contribution in [0, 0.1) is 0 Å². The molecule has 2 bridgehead atoms. The van der Waals surface area contributed by atoms with Crippen LogP contribution in [0.2, 0.25) is 0 Å². The SMILES string of the molecule is C[C@@H]1CN[C@@H]2CCCC[C@H]2N[C@@H](C)c2cccc(n2)[C@H](C)N[C@@H]2CCCC[C@H]2N1. The van der Waals surface area contributed by atoms with Crippen LogP contribution >= 0.6 is 0 Å². The average Bonchev–Trinajstić information content (AvgIpc) is 2.74. The van der Waals surface area contributed by atoms with Crippen molar-refractivity contribution >= 4 is 0 Å². The maximum Gasteiger partial charge on any atom is 0.0574 e. The largest absolute Gasteiger partial charge is 0.311 e. The molecule has 7 atom stereocenters. The van der Waals surface area contributed by atoms with E-state index in [1.807, 2.05) is 0 Å². The van der Waals surface area contributed by atoms with Crippen molar-refractivity contribution in [3.8, 4) is 0 Å². The van der Waals surface area contributed by atoms with Crippen molar-refractivity contribution in [1.82, 2.24) is 26.3 Å². The fourth-order valence-electron chi connectivity index (χ4n) is 5.62. The summed E-state index contributed by atoms with van der Waals surface area (Å²) < 4.78 is 0. The molecule has 5 nitrogen and oxygen atoms in total. The number of fused-ring (bicyclic) bond motifs is 4. The molecule has 2 saturated carbocycles. The summed E-state index contributed by atoms with van der Waals surface area (Å²) in [5.41, 5.74) is 2.34. The van der Waals surface area contributed by atoms with E-state index in [2.05, 4.69) is 60.2 Å². The van der Waals surface area contributed by atoms with Crippen LogP contribution in [0.1, 0.15) is 95.6 Å². The first-order valence-corrected chi connectivity index (χ1v) is 12.1. The van der Waals surface area contributed by atoms with Crippen molar-refractivity contribution in [3.63, 3.8) is 0 Å². The van der Waals surface area contributed by atoms with Gasteiger partial charge in [-0.2, -0.15) is 0 Å². The number of rotatable bonds is 0. The lowest BCUT2D eigenvalue weighted by molar-refractivity contribution is 0.236. The Hall–Kier alpha value is -1.01. The van der Waals surface area contributed by atoms with Crippen molar-refractivity contribution in [2.75, 3.05) is 6.54 Å². The van der Waals surface area contributed by atoms with E-state index in [1.54, 1.807) is 0 Å². The summed E-state index contributed by atoms with van der Waals surface area (Å²) in [6, 6.07) is 9.75. The summed E-state index contributed by atoms with van der Waals surface area (Å²) >= 11 is 0. The molecular weight excluding hydrogens is 358 g/mol. The van der Waals surface area contributed by atoms with E-state index >= 15 is 0 Å². The van der Waals surface area contributed by atoms with Crippen LogP contribution in [0.15, 0.2) is 18.2 Å². The normalized spacial score (nSPS) is 39.5. The molecule has 2 fully saturated rings. The van der Waals surface area contributed by atoms with E-state index in [-0.39, 0.29) is 12.1 Å². The third kappa shape index (κ3) is 5.38. The smallest absolute Gasteiger partial charge is 0.0574 e. The van der Waals surface area contributed by atoms with Gasteiger partial charge in [-0.1, -0.05) is 31.7 Å². The molecule has 1 aromatic heterocycles. The van der Waals surface area contributed by atoms with E-state index in [0.717, 1.165) is 6.54 Å². The molecule has 3 aliphatic rings. The van der Waals surface area contributed by atoms with Gasteiger partial charge >= 0.3 is 0 Å². The zero-order valence-corrected chi connectivity index (χ0v) is 18.6. The van der Waals surface area contributed by atoms with E-state index in [4.69, 9.17) is 4.98 Å². The molecule has 162 valence electrons. The van der Waals surface area contributed by atoms with Crippen molar-refractivity contribution in [1.29, 1.82) is 0 Å². The summed E-state index contributed by atoms with van der Waals surface area (Å²) in [6.07, 6.45) is 10.4. The number of hydrogen-bond acceptors (Lipinski definition) is 5. The fourth-order valence-corrected chi connectivity index (χ4v) is 5.62. The summed E-state index contributed by atoms with van der Waals surface area (Å²) in [5, 5.41) is 15.7. The van der Waals surface area contributed by atoms with E-state index in [1.165, 1.54) is 62.8 Å². The van der Waals surface area contributed by atoms with Gasteiger partial charge in [0, 0.05) is 48.8 Å². The van der Waals surface area contributed by atoms with Crippen LogP contribution < -0.4 is 21.3 Å². The Morgan fingerprint density at radius 2 is 1.17 bits per heavy atom. The number of pyridine rings is 1. The second-order valence-electron chi connectivity index (χ2n) is 9.73. The van der Waals surface area contributed by atoms with Crippen LogP contribution in [-0.2, 0) is 0 Å². The van der Waals surface area contributed by atoms with Gasteiger partial charge in [0.25, 0.3) is 0 Å². The molecular formula is C24H41N5. The summed E-state index contributed by atoms with van der Waals surface area (Å²) in [6.45, 7) is 7.94. The molecule has 5 heteroatoms. The molecule has 0 radical (unpaired) electrons. The highest BCUT2D eigenvalue weighted by Gasteiger charge is 2.30. The van der Waals surface area contributed by atoms with Crippen LogP contribution in [0.4, 0.5) is 0 Å². The zero-order chi connectivity index (χ0) is 20.2. The Bertz CT molecular complexity index is 650. The first-order valence-electron chi connectivity index (χ1n) is 12.1. The minimum atomic E-state index is 0.274. The predicted octanol–water partition coefficient (Wildman–Crippen LogP) is 3.59. The second-order valence-corrected chi connectivity index (χ2v) is 9.73. The molecule has 29 heavy (non-hydrogen) atoms. The van der Waals surface area contributed by atoms with Crippen LogP contribution in [0.3, 0.4) is 0 Å². The second kappa shape index (κ2) is 9.86. The molecule has 4 rings (SSSR count). The highest BCUT2D eigenvalue weighted by Crippen LogP contribution is 2.25. The molecule has 2 aliphatic carbocycles. The molecule has 0 aromatic carbocycles. The highest BCUT2D eigenvalue weighted by atomic mass is 15.1. The van der Waals surface area contributed by atoms with E-state index in [0.29, 0.717) is 30.2 Å². The molecule has 1 aliphatic heterocycles. The first-order chi connectivity index (χ1) is 14.1. The van der Waals surface area contributed by atoms with Crippen molar-refractivity contribution in [3.05, 3.63) is 29.6 Å². The van der Waals surface area contributed by atoms with Crippen LogP contribution in [0.25, 0.3) is 0 Å². The Kier molecular flexibility index (Phi) is 7.22. The summed E-state index contributed by atoms with van der Waals surface area (Å²) in [7, 11) is 0. The van der Waals surface area contributed by atoms with Gasteiger partial charge in [-0.05, 0) is 58.6 Å². The Balaban J connectivity index is 1.58. The number of aromatic nitrogens is 1. The molecule has 0 saturated heterocycles. The van der Waals surface area contributed by atoms with Gasteiger partial charge < -0.3 is 21.3 Å². The highest BCUT2D eigenvalue weighted by molar-refractivity contribution is 5.17. The summed E-state index contributed by atoms with van der Waals surface area (Å²) in [4.78, 5) is 5.07. The minimum Gasteiger partial charge on any atom is -0.311 e. The Morgan fingerprint density at radius 1 is 0.690 bits per heavy atom. The van der Waals surface area contributed by atoms with Gasteiger partial charge in [-0.25, -0.2) is 0 Å². The number of hydrogen-bond donors (Lipinski definition) is 4. The van der Waals surface area contributed by atoms with Gasteiger partial charge in [-0.15, -0.1) is 0 Å². The van der Waals surface area contributed by atoms with Gasteiger partial charge in [0.05, 0.1) is 11.4 Å². The van der Waals surface area contributed by atoms with Gasteiger partial charge in [0.2, 0.25) is 0 Å². The lowest BCUT2D eigenvalue weighted by atomic mass is 9.88. The zero-order valence-electron chi connectivity index (χ0n) is 18.6. The third-order valence-electron chi connectivity index (χ3n) is 7.32. The predicted molar refractivity (Wildman–Crippen MR) is 120 cm³/mol. The quantitative estimate of drug-likeness (QED) is 0.537. The molecule has 2 heterocycles. The van der Waals surface area contributed by atoms with Crippen molar-refractivity contribution in [2.45, 2.75) is 114 Å². The Morgan fingerprint density at radius 3 is 1.76 bits per heavy atom. The fraction of sp³-hybridized carbons (Fsp3) is 0.792. The van der Waals surface area contributed by atoms with E-state index in [9.17, 15) is 0 Å². The van der Waals surface area contributed by atoms with Gasteiger partial charge in [0.1, 0.15) is 0 Å². The third-order valence-corrected chi connectivity index (χ3v) is 7.32. The van der Waals surface area contributed by atoms with Crippen LogP contribution in [-0.4, -0.2) is 41.7 Å². The average molecular weight is 400 g/mol. The molecule has 0 unspecified atom stereocenters. The standard InChI is InChI=1S/C24H41N5/c1-16-15-25-21-9-4-5-10-22(21)27-17(2)19-13-8-14-20(29-19)18(3)28-24-12-7-6-11-23(24)26-16/h8,13-14,16-18,21-28H,4-7,9-12,15H2,1-3H3/t16-,17+,18+,21-,22-,23-,24-/m1/s1. The van der Waals surface area contributed by atoms with Crippen molar-refractivity contribution < 1.29 is 0 Å². The first kappa shape index (κ1) is 21.2. The molecule has 1 aromatic rings. The lowest BCUT2D eigenvalue weighted by Gasteiger charge is -2.38. The molecule has 0 spiro atoms. The van der Waals surface area contributed by atoms with Crippen LogP contribution in [0.5, 0.6) is 0 Å². The number of nitrogens with one attached hydrogen (secondary N) is 4. The van der Waals surface area contributed by atoms with Crippen molar-refractivity contribution in [2.24, 2.45) is 0 Å². The van der Waals surface area contributed by atoms with Gasteiger partial charge in [-0.3, -0.25) is 4.98 Å². The number of nitrogens with zero attached hydrogens (tertiary/aromatic N) is 1. The minimum absolute atomic E-state index is 0.274. The lowest BCUT2D eigenvalue weighted by Crippen LogP contribution is -2.56. The van der Waals surface area contributed by atoms with E-state index < -0.39 is 0 Å². The summed E-state index contributed by atoms with van der Waals surface area (Å²) in [5.74, 6) is 0. The topological polar surface area (TPSA) is 61.0 Å². The Labute approximate surface area is 177 Å². The maximum absolute atomic E-state index is 5.07. The monoisotopic (exact) mass is 399 g/mol. The van der Waals surface area contributed by atoms with Gasteiger partial charge in [0.15, 0.2) is 0 Å². The molecule has 0 amide bonds. The maximum atomic E-state index is 5.07.